The third-order valence-corrected chi connectivity index (χ3v) is 6.77. The van der Waals surface area contributed by atoms with E-state index in [2.05, 4.69) is 35.8 Å². The van der Waals surface area contributed by atoms with Crippen LogP contribution in [0, 0.1) is 17.3 Å². The van der Waals surface area contributed by atoms with Gasteiger partial charge in [0, 0.05) is 17.0 Å². The first kappa shape index (κ1) is 18.9. The molecule has 1 aromatic carbocycles. The zero-order chi connectivity index (χ0) is 18.4. The Morgan fingerprint density at radius 1 is 1.32 bits per heavy atom. The Morgan fingerprint density at radius 2 is 1.96 bits per heavy atom. The van der Waals surface area contributed by atoms with E-state index in [1.165, 1.54) is 0 Å². The summed E-state index contributed by atoms with van der Waals surface area (Å²) in [6, 6.07) is 6.11. The monoisotopic (exact) mass is 409 g/mol. The van der Waals surface area contributed by atoms with Crippen LogP contribution >= 0.6 is 15.9 Å². The summed E-state index contributed by atoms with van der Waals surface area (Å²) in [5.41, 5.74) is 7.60. The normalized spacial score (nSPS) is 37.1. The van der Waals surface area contributed by atoms with Gasteiger partial charge in [0.05, 0.1) is 12.7 Å². The molecule has 1 aromatic rings. The van der Waals surface area contributed by atoms with E-state index in [0.717, 1.165) is 34.9 Å². The SMILES string of the molecule is CCOC(=O)[C@]1(N)c2cc(Br)ccc2CC12C[C@@H](C)C(OC)[C@@H](C)C2. The second-order valence-corrected chi connectivity index (χ2v) is 8.77. The number of hydrogen-bond donors (Lipinski definition) is 1. The van der Waals surface area contributed by atoms with E-state index in [0.29, 0.717) is 18.4 Å². The molecule has 5 heteroatoms. The fourth-order valence-corrected chi connectivity index (χ4v) is 5.83. The van der Waals surface area contributed by atoms with Crippen molar-refractivity contribution >= 4 is 21.9 Å². The molecule has 2 unspecified atom stereocenters. The average Bonchev–Trinajstić information content (AvgIpc) is 2.77. The largest absolute Gasteiger partial charge is 0.464 e. The molecule has 2 N–H and O–H groups in total. The number of esters is 1. The van der Waals surface area contributed by atoms with E-state index in [4.69, 9.17) is 15.2 Å². The van der Waals surface area contributed by atoms with Crippen LogP contribution in [-0.2, 0) is 26.2 Å². The highest BCUT2D eigenvalue weighted by Crippen LogP contribution is 2.59. The van der Waals surface area contributed by atoms with Crippen molar-refractivity contribution in [1.82, 2.24) is 0 Å². The first-order valence-electron chi connectivity index (χ1n) is 9.07. The zero-order valence-corrected chi connectivity index (χ0v) is 17.1. The molecule has 3 rings (SSSR count). The van der Waals surface area contributed by atoms with E-state index in [1.54, 1.807) is 7.11 Å². The standard InChI is InChI=1S/C20H28BrNO3/c1-5-25-18(23)20(22)16-8-15(21)7-6-14(16)11-19(20)9-12(2)17(24-4)13(3)10-19/h6-8,12-13,17H,5,9-11,22H2,1-4H3/t12-,13+,17?,19?,20-/m1/s1. The molecule has 2 aliphatic carbocycles. The molecule has 0 aliphatic heterocycles. The topological polar surface area (TPSA) is 61.5 Å². The maximum atomic E-state index is 13.1. The number of benzene rings is 1. The van der Waals surface area contributed by atoms with Crippen LogP contribution in [0.1, 0.15) is 44.7 Å². The number of carbonyl (C=O) groups is 1. The summed E-state index contributed by atoms with van der Waals surface area (Å²) in [4.78, 5) is 13.1. The number of halogens is 1. The molecule has 138 valence electrons. The second-order valence-electron chi connectivity index (χ2n) is 7.85. The third-order valence-electron chi connectivity index (χ3n) is 6.28. The first-order valence-corrected chi connectivity index (χ1v) is 9.86. The highest BCUT2D eigenvalue weighted by molar-refractivity contribution is 9.10. The first-order chi connectivity index (χ1) is 11.8. The van der Waals surface area contributed by atoms with Gasteiger partial charge in [-0.2, -0.15) is 0 Å². The second kappa shape index (κ2) is 6.67. The summed E-state index contributed by atoms with van der Waals surface area (Å²) >= 11 is 3.53. The van der Waals surface area contributed by atoms with Gasteiger partial charge in [0.15, 0.2) is 0 Å². The molecule has 4 nitrogen and oxygen atoms in total. The molecule has 2 aliphatic rings. The van der Waals surface area contributed by atoms with Gasteiger partial charge in [0.1, 0.15) is 5.54 Å². The van der Waals surface area contributed by atoms with Gasteiger partial charge >= 0.3 is 5.97 Å². The van der Waals surface area contributed by atoms with Crippen LogP contribution in [-0.4, -0.2) is 25.8 Å². The quantitative estimate of drug-likeness (QED) is 0.771. The lowest BCUT2D eigenvalue weighted by molar-refractivity contribution is -0.161. The van der Waals surface area contributed by atoms with Gasteiger partial charge in [-0.1, -0.05) is 35.8 Å². The van der Waals surface area contributed by atoms with Crippen molar-refractivity contribution in [3.8, 4) is 0 Å². The minimum Gasteiger partial charge on any atom is -0.464 e. The Hall–Kier alpha value is -0.910. The molecule has 1 spiro atoms. The van der Waals surface area contributed by atoms with Crippen LogP contribution in [0.25, 0.3) is 0 Å². The molecule has 5 atom stereocenters. The molecule has 0 radical (unpaired) electrons. The van der Waals surface area contributed by atoms with Crippen molar-refractivity contribution in [3.05, 3.63) is 33.8 Å². The van der Waals surface area contributed by atoms with Gasteiger partial charge in [0.25, 0.3) is 0 Å². The van der Waals surface area contributed by atoms with Crippen molar-refractivity contribution in [2.24, 2.45) is 23.0 Å². The van der Waals surface area contributed by atoms with Crippen molar-refractivity contribution < 1.29 is 14.3 Å². The maximum absolute atomic E-state index is 13.1. The molecule has 0 aromatic heterocycles. The van der Waals surface area contributed by atoms with Crippen molar-refractivity contribution in [2.75, 3.05) is 13.7 Å². The summed E-state index contributed by atoms with van der Waals surface area (Å²) in [7, 11) is 1.78. The van der Waals surface area contributed by atoms with Crippen molar-refractivity contribution in [1.29, 1.82) is 0 Å². The predicted molar refractivity (Wildman–Crippen MR) is 101 cm³/mol. The van der Waals surface area contributed by atoms with E-state index < -0.39 is 5.54 Å². The van der Waals surface area contributed by atoms with E-state index in [-0.39, 0.29) is 17.5 Å². The fourth-order valence-electron chi connectivity index (χ4n) is 5.47. The summed E-state index contributed by atoms with van der Waals surface area (Å²) in [6.07, 6.45) is 2.73. The Morgan fingerprint density at radius 3 is 2.52 bits per heavy atom. The predicted octanol–water partition coefficient (Wildman–Crippen LogP) is 3.79. The number of ether oxygens (including phenoxy) is 2. The van der Waals surface area contributed by atoms with Gasteiger partial charge in [0.2, 0.25) is 0 Å². The molecule has 0 bridgehead atoms. The van der Waals surface area contributed by atoms with E-state index in [1.807, 2.05) is 19.1 Å². The lowest BCUT2D eigenvalue weighted by Crippen LogP contribution is -2.60. The average molecular weight is 410 g/mol. The van der Waals surface area contributed by atoms with Gasteiger partial charge < -0.3 is 15.2 Å². The zero-order valence-electron chi connectivity index (χ0n) is 15.5. The van der Waals surface area contributed by atoms with E-state index >= 15 is 0 Å². The number of hydrogen-bond acceptors (Lipinski definition) is 4. The Balaban J connectivity index is 2.12. The van der Waals surface area contributed by atoms with Crippen molar-refractivity contribution in [2.45, 2.75) is 51.7 Å². The fraction of sp³-hybridized carbons (Fsp3) is 0.650. The molecule has 0 amide bonds. The van der Waals surface area contributed by atoms with Crippen LogP contribution in [0.3, 0.4) is 0 Å². The highest BCUT2D eigenvalue weighted by atomic mass is 79.9. The molecule has 0 saturated heterocycles. The Kier molecular flexibility index (Phi) is 5.04. The van der Waals surface area contributed by atoms with Gasteiger partial charge in [-0.3, -0.25) is 0 Å². The summed E-state index contributed by atoms with van der Waals surface area (Å²) in [5, 5.41) is 0. The van der Waals surface area contributed by atoms with Crippen LogP contribution in [0.2, 0.25) is 0 Å². The van der Waals surface area contributed by atoms with Crippen molar-refractivity contribution in [3.63, 3.8) is 0 Å². The summed E-state index contributed by atoms with van der Waals surface area (Å²) < 4.78 is 12.1. The lowest BCUT2D eigenvalue weighted by Gasteiger charge is -2.51. The van der Waals surface area contributed by atoms with Gasteiger partial charge in [-0.15, -0.1) is 0 Å². The third kappa shape index (κ3) is 2.75. The van der Waals surface area contributed by atoms with Crippen LogP contribution in [0.5, 0.6) is 0 Å². The number of carbonyl (C=O) groups excluding carboxylic acids is 1. The molecule has 1 fully saturated rings. The highest BCUT2D eigenvalue weighted by Gasteiger charge is 2.63. The van der Waals surface area contributed by atoms with Gasteiger partial charge in [-0.05, 0) is 61.3 Å². The van der Waals surface area contributed by atoms with E-state index in [9.17, 15) is 4.79 Å². The molecular formula is C20H28BrNO3. The van der Waals surface area contributed by atoms with Crippen LogP contribution in [0.4, 0.5) is 0 Å². The summed E-state index contributed by atoms with van der Waals surface area (Å²) in [5.74, 6) is 0.370. The molecule has 1 saturated carbocycles. The minimum atomic E-state index is -1.11. The smallest absolute Gasteiger partial charge is 0.331 e. The number of fused-ring (bicyclic) bond motifs is 1. The maximum Gasteiger partial charge on any atom is 0.331 e. The summed E-state index contributed by atoms with van der Waals surface area (Å²) in [6.45, 7) is 6.58. The lowest BCUT2D eigenvalue weighted by atomic mass is 9.57. The van der Waals surface area contributed by atoms with Gasteiger partial charge in [-0.25, -0.2) is 4.79 Å². The van der Waals surface area contributed by atoms with Crippen LogP contribution < -0.4 is 5.73 Å². The number of rotatable bonds is 3. The Bertz CT molecular complexity index is 665. The van der Waals surface area contributed by atoms with Crippen LogP contribution in [0.15, 0.2) is 22.7 Å². The Labute approximate surface area is 158 Å². The number of methoxy groups -OCH3 is 1. The minimum absolute atomic E-state index is 0.201. The molecule has 0 heterocycles. The number of nitrogens with two attached hydrogens (primary N) is 1. The molecule has 25 heavy (non-hydrogen) atoms. The molecular weight excluding hydrogens is 382 g/mol.